The number of fused-ring (bicyclic) bond motifs is 1. The number of thiazole rings is 1. The molecular weight excluding hydrogens is 438 g/mol. The maximum Gasteiger partial charge on any atom is 0.266 e. The number of morpholine rings is 1. The van der Waals surface area contributed by atoms with Crippen LogP contribution in [0.5, 0.6) is 11.5 Å². The summed E-state index contributed by atoms with van der Waals surface area (Å²) in [7, 11) is 0. The van der Waals surface area contributed by atoms with Crippen LogP contribution in [0.4, 0.5) is 5.13 Å². The molecule has 1 aliphatic rings. The van der Waals surface area contributed by atoms with E-state index in [1.54, 1.807) is 4.90 Å². The Labute approximate surface area is 198 Å². The fraction of sp³-hybridized carbons (Fsp3) is 0.440. The Morgan fingerprint density at radius 3 is 2.70 bits per heavy atom. The number of carbonyl (C=O) groups is 1. The molecule has 3 aromatic rings. The lowest BCUT2D eigenvalue weighted by Crippen LogP contribution is -2.40. The van der Waals surface area contributed by atoms with Gasteiger partial charge in [0.2, 0.25) is 0 Å². The third-order valence-corrected chi connectivity index (χ3v) is 6.59. The van der Waals surface area contributed by atoms with Crippen LogP contribution in [-0.4, -0.2) is 68.4 Å². The van der Waals surface area contributed by atoms with Gasteiger partial charge in [-0.1, -0.05) is 35.1 Å². The van der Waals surface area contributed by atoms with Crippen molar-refractivity contribution in [2.75, 3.05) is 57.5 Å². The molecule has 176 valence electrons. The minimum Gasteiger partial charge on any atom is -0.492 e. The molecule has 1 aliphatic heterocycles. The largest absolute Gasteiger partial charge is 0.492 e. The standard InChI is InChI=1S/C25H31N3O4S/c1-3-31-21-6-4-7-22-24(21)26-25(33-22)28(13-5-12-27-14-16-30-17-15-27)23(29)18-32-20-10-8-19(2)9-11-20/h4,6-11H,3,5,12-18H2,1-2H3. The van der Waals surface area contributed by atoms with E-state index >= 15 is 0 Å². The maximum absolute atomic E-state index is 13.3. The molecule has 1 aromatic heterocycles. The zero-order valence-electron chi connectivity index (χ0n) is 19.3. The van der Waals surface area contributed by atoms with Crippen molar-refractivity contribution < 1.29 is 19.0 Å². The topological polar surface area (TPSA) is 64.1 Å². The molecule has 1 amide bonds. The van der Waals surface area contributed by atoms with Gasteiger partial charge in [-0.2, -0.15) is 0 Å². The first-order valence-corrected chi connectivity index (χ1v) is 12.3. The lowest BCUT2D eigenvalue weighted by molar-refractivity contribution is -0.120. The van der Waals surface area contributed by atoms with Gasteiger partial charge in [0, 0.05) is 26.2 Å². The quantitative estimate of drug-likeness (QED) is 0.445. The van der Waals surface area contributed by atoms with Crippen LogP contribution in [-0.2, 0) is 9.53 Å². The summed E-state index contributed by atoms with van der Waals surface area (Å²) in [6.45, 7) is 9.42. The van der Waals surface area contributed by atoms with E-state index < -0.39 is 0 Å². The molecule has 0 aliphatic carbocycles. The molecule has 2 aromatic carbocycles. The smallest absolute Gasteiger partial charge is 0.266 e. The van der Waals surface area contributed by atoms with Gasteiger partial charge < -0.3 is 14.2 Å². The van der Waals surface area contributed by atoms with Crippen molar-refractivity contribution in [2.45, 2.75) is 20.3 Å². The van der Waals surface area contributed by atoms with Crippen molar-refractivity contribution >= 4 is 32.6 Å². The number of ether oxygens (including phenoxy) is 3. The summed E-state index contributed by atoms with van der Waals surface area (Å²) in [6, 6.07) is 13.6. The predicted octanol–water partition coefficient (Wildman–Crippen LogP) is 4.14. The summed E-state index contributed by atoms with van der Waals surface area (Å²) in [5.41, 5.74) is 1.95. The van der Waals surface area contributed by atoms with E-state index in [0.29, 0.717) is 24.0 Å². The Hall–Kier alpha value is -2.68. The van der Waals surface area contributed by atoms with Crippen molar-refractivity contribution in [2.24, 2.45) is 0 Å². The Morgan fingerprint density at radius 1 is 1.15 bits per heavy atom. The summed E-state index contributed by atoms with van der Waals surface area (Å²) >= 11 is 1.51. The van der Waals surface area contributed by atoms with Crippen LogP contribution < -0.4 is 14.4 Å². The van der Waals surface area contributed by atoms with Gasteiger partial charge in [-0.25, -0.2) is 4.98 Å². The summed E-state index contributed by atoms with van der Waals surface area (Å²) in [5.74, 6) is 1.33. The Balaban J connectivity index is 1.49. The molecule has 0 atom stereocenters. The summed E-state index contributed by atoms with van der Waals surface area (Å²) in [6.07, 6.45) is 0.852. The van der Waals surface area contributed by atoms with Gasteiger partial charge in [0.05, 0.1) is 24.5 Å². The summed E-state index contributed by atoms with van der Waals surface area (Å²) in [5, 5.41) is 0.677. The summed E-state index contributed by atoms with van der Waals surface area (Å²) in [4.78, 5) is 22.2. The molecule has 7 nitrogen and oxygen atoms in total. The van der Waals surface area contributed by atoms with E-state index in [1.807, 2.05) is 56.3 Å². The van der Waals surface area contributed by atoms with E-state index in [9.17, 15) is 4.79 Å². The second kappa shape index (κ2) is 11.4. The number of benzene rings is 2. The zero-order chi connectivity index (χ0) is 23.0. The minimum atomic E-state index is -0.102. The minimum absolute atomic E-state index is 0.0329. The average Bonchev–Trinajstić information content (AvgIpc) is 3.27. The third kappa shape index (κ3) is 6.22. The van der Waals surface area contributed by atoms with Crippen molar-refractivity contribution in [1.82, 2.24) is 9.88 Å². The van der Waals surface area contributed by atoms with Crippen LogP contribution >= 0.6 is 11.3 Å². The van der Waals surface area contributed by atoms with Crippen LogP contribution in [0.15, 0.2) is 42.5 Å². The van der Waals surface area contributed by atoms with Gasteiger partial charge in [0.15, 0.2) is 11.7 Å². The number of carbonyl (C=O) groups excluding carboxylic acids is 1. The molecule has 0 saturated carbocycles. The second-order valence-electron chi connectivity index (χ2n) is 7.99. The lowest BCUT2D eigenvalue weighted by Gasteiger charge is -2.27. The highest BCUT2D eigenvalue weighted by molar-refractivity contribution is 7.22. The number of aryl methyl sites for hydroxylation is 1. The van der Waals surface area contributed by atoms with Crippen LogP contribution in [0.2, 0.25) is 0 Å². The Kier molecular flexibility index (Phi) is 8.15. The van der Waals surface area contributed by atoms with E-state index in [2.05, 4.69) is 4.90 Å². The molecule has 0 bridgehead atoms. The molecule has 1 fully saturated rings. The number of hydrogen-bond donors (Lipinski definition) is 0. The molecule has 0 radical (unpaired) electrons. The fourth-order valence-electron chi connectivity index (χ4n) is 3.76. The first kappa shape index (κ1) is 23.5. The monoisotopic (exact) mass is 469 g/mol. The second-order valence-corrected chi connectivity index (χ2v) is 9.00. The maximum atomic E-state index is 13.3. The van der Waals surface area contributed by atoms with Crippen LogP contribution in [0.25, 0.3) is 10.2 Å². The molecule has 33 heavy (non-hydrogen) atoms. The Morgan fingerprint density at radius 2 is 1.94 bits per heavy atom. The zero-order valence-corrected chi connectivity index (χ0v) is 20.1. The van der Waals surface area contributed by atoms with Crippen molar-refractivity contribution in [3.63, 3.8) is 0 Å². The molecule has 4 rings (SSSR count). The molecule has 8 heteroatoms. The molecule has 0 unspecified atom stereocenters. The Bertz CT molecular complexity index is 1050. The van der Waals surface area contributed by atoms with Gasteiger partial charge in [0.1, 0.15) is 17.0 Å². The van der Waals surface area contributed by atoms with E-state index in [-0.39, 0.29) is 12.5 Å². The van der Waals surface area contributed by atoms with Gasteiger partial charge in [0.25, 0.3) is 5.91 Å². The van der Waals surface area contributed by atoms with Crippen LogP contribution in [0, 0.1) is 6.92 Å². The number of amides is 1. The molecule has 1 saturated heterocycles. The molecule has 2 heterocycles. The summed E-state index contributed by atoms with van der Waals surface area (Å²) < 4.78 is 18.0. The molecule has 0 spiro atoms. The van der Waals surface area contributed by atoms with E-state index in [4.69, 9.17) is 19.2 Å². The van der Waals surface area contributed by atoms with Crippen molar-refractivity contribution in [3.05, 3.63) is 48.0 Å². The number of rotatable bonds is 10. The van der Waals surface area contributed by atoms with E-state index in [1.165, 1.54) is 11.3 Å². The highest BCUT2D eigenvalue weighted by Gasteiger charge is 2.22. The highest BCUT2D eigenvalue weighted by Crippen LogP contribution is 2.34. The number of anilines is 1. The SMILES string of the molecule is CCOc1cccc2sc(N(CCCN3CCOCC3)C(=O)COc3ccc(C)cc3)nc12. The van der Waals surface area contributed by atoms with Crippen LogP contribution in [0.3, 0.4) is 0 Å². The number of hydrogen-bond acceptors (Lipinski definition) is 7. The van der Waals surface area contributed by atoms with Crippen molar-refractivity contribution in [3.8, 4) is 11.5 Å². The first-order chi connectivity index (χ1) is 16.1. The number of para-hydroxylation sites is 1. The first-order valence-electron chi connectivity index (χ1n) is 11.5. The predicted molar refractivity (Wildman–Crippen MR) is 132 cm³/mol. The third-order valence-electron chi connectivity index (χ3n) is 5.55. The average molecular weight is 470 g/mol. The fourth-order valence-corrected chi connectivity index (χ4v) is 4.79. The van der Waals surface area contributed by atoms with Gasteiger partial charge >= 0.3 is 0 Å². The molecule has 0 N–H and O–H groups in total. The number of aromatic nitrogens is 1. The van der Waals surface area contributed by atoms with Gasteiger partial charge in [-0.15, -0.1) is 0 Å². The highest BCUT2D eigenvalue weighted by atomic mass is 32.1. The lowest BCUT2D eigenvalue weighted by atomic mass is 10.2. The normalized spacial score (nSPS) is 14.4. The van der Waals surface area contributed by atoms with Gasteiger partial charge in [-0.05, 0) is 44.5 Å². The van der Waals surface area contributed by atoms with E-state index in [0.717, 1.165) is 60.8 Å². The van der Waals surface area contributed by atoms with Gasteiger partial charge in [-0.3, -0.25) is 14.6 Å². The molecular formula is C25H31N3O4S. The van der Waals surface area contributed by atoms with Crippen LogP contribution in [0.1, 0.15) is 18.9 Å². The van der Waals surface area contributed by atoms with Crippen molar-refractivity contribution in [1.29, 1.82) is 0 Å². The number of nitrogens with zero attached hydrogens (tertiary/aromatic N) is 3.